The van der Waals surface area contributed by atoms with E-state index in [0.29, 0.717) is 17.4 Å². The van der Waals surface area contributed by atoms with Crippen molar-refractivity contribution < 1.29 is 13.5 Å². The number of fused-ring (bicyclic) bond motifs is 1. The van der Waals surface area contributed by atoms with Gasteiger partial charge in [-0.2, -0.15) is 12.6 Å². The number of thiol groups is 2. The standard InChI is InChI=1S/C26H24FNO2S2/c1-16-22-14-23(17-2-3-17)24(28(32)12-13-31)15-25(22)30-26(16)18-4-8-20(9-5-18)29-21-10-6-19(27)7-11-21/h4-11,14-15,17,31-32H,2-3,12-13H2,1H3. The molecule has 5 rings (SSSR count). The summed E-state index contributed by atoms with van der Waals surface area (Å²) in [6, 6.07) is 18.1. The minimum atomic E-state index is -0.285. The van der Waals surface area contributed by atoms with E-state index in [-0.39, 0.29) is 5.82 Å². The molecule has 0 radical (unpaired) electrons. The van der Waals surface area contributed by atoms with E-state index in [9.17, 15) is 4.39 Å². The third kappa shape index (κ3) is 4.21. The molecule has 0 spiro atoms. The summed E-state index contributed by atoms with van der Waals surface area (Å²) in [4.78, 5) is 0. The maximum absolute atomic E-state index is 13.1. The Labute approximate surface area is 198 Å². The molecule has 1 fully saturated rings. The van der Waals surface area contributed by atoms with Gasteiger partial charge in [0.2, 0.25) is 0 Å². The minimum Gasteiger partial charge on any atom is -0.457 e. The van der Waals surface area contributed by atoms with Crippen LogP contribution >= 0.6 is 25.4 Å². The van der Waals surface area contributed by atoms with Crippen molar-refractivity contribution in [2.24, 2.45) is 0 Å². The number of aryl methyl sites for hydroxylation is 1. The summed E-state index contributed by atoms with van der Waals surface area (Å²) in [5.41, 5.74) is 5.42. The highest BCUT2D eigenvalue weighted by Crippen LogP contribution is 2.47. The molecule has 3 nitrogen and oxygen atoms in total. The number of hydrogen-bond donors (Lipinski definition) is 2. The number of nitrogens with zero attached hydrogens (tertiary/aromatic N) is 1. The van der Waals surface area contributed by atoms with Gasteiger partial charge in [-0.3, -0.25) is 0 Å². The number of halogens is 1. The van der Waals surface area contributed by atoms with Gasteiger partial charge in [0.25, 0.3) is 0 Å². The van der Waals surface area contributed by atoms with Gasteiger partial charge in [0.05, 0.1) is 5.69 Å². The van der Waals surface area contributed by atoms with Crippen LogP contribution in [0.2, 0.25) is 0 Å². The van der Waals surface area contributed by atoms with Gasteiger partial charge in [-0.25, -0.2) is 4.39 Å². The normalized spacial score (nSPS) is 13.5. The quantitative estimate of drug-likeness (QED) is 0.273. The Morgan fingerprint density at radius 3 is 2.31 bits per heavy atom. The van der Waals surface area contributed by atoms with E-state index < -0.39 is 0 Å². The second kappa shape index (κ2) is 8.75. The molecule has 32 heavy (non-hydrogen) atoms. The van der Waals surface area contributed by atoms with E-state index in [1.807, 2.05) is 28.6 Å². The highest BCUT2D eigenvalue weighted by molar-refractivity contribution is 7.82. The van der Waals surface area contributed by atoms with Gasteiger partial charge in [-0.15, -0.1) is 0 Å². The van der Waals surface area contributed by atoms with Crippen molar-refractivity contribution in [2.45, 2.75) is 25.7 Å². The molecule has 1 aliphatic rings. The van der Waals surface area contributed by atoms with Crippen LogP contribution in [0.1, 0.15) is 29.9 Å². The first-order valence-corrected chi connectivity index (χ1v) is 11.7. The lowest BCUT2D eigenvalue weighted by molar-refractivity contribution is 0.480. The second-order valence-corrected chi connectivity index (χ2v) is 9.09. The smallest absolute Gasteiger partial charge is 0.138 e. The molecule has 1 heterocycles. The van der Waals surface area contributed by atoms with Gasteiger partial charge in [0, 0.05) is 34.9 Å². The number of ether oxygens (including phenoxy) is 1. The van der Waals surface area contributed by atoms with Crippen LogP contribution in [0, 0.1) is 12.7 Å². The summed E-state index contributed by atoms with van der Waals surface area (Å²) in [5.74, 6) is 3.19. The summed E-state index contributed by atoms with van der Waals surface area (Å²) in [7, 11) is 0. The summed E-state index contributed by atoms with van der Waals surface area (Å²) in [6.07, 6.45) is 2.44. The summed E-state index contributed by atoms with van der Waals surface area (Å²) >= 11 is 9.04. The Balaban J connectivity index is 1.47. The maximum atomic E-state index is 13.1. The van der Waals surface area contributed by atoms with Crippen LogP contribution in [-0.4, -0.2) is 12.3 Å². The molecular weight excluding hydrogens is 441 g/mol. The van der Waals surface area contributed by atoms with E-state index in [0.717, 1.165) is 45.8 Å². The Hall–Kier alpha value is -2.57. The second-order valence-electron chi connectivity index (χ2n) is 8.16. The Kier molecular flexibility index (Phi) is 5.82. The largest absolute Gasteiger partial charge is 0.457 e. The highest BCUT2D eigenvalue weighted by atomic mass is 32.1. The van der Waals surface area contributed by atoms with Gasteiger partial charge in [0.1, 0.15) is 28.7 Å². The molecular formula is C26H24FNO2S2. The highest BCUT2D eigenvalue weighted by Gasteiger charge is 2.29. The van der Waals surface area contributed by atoms with Crippen LogP contribution in [0.3, 0.4) is 0 Å². The summed E-state index contributed by atoms with van der Waals surface area (Å²) < 4.78 is 27.2. The van der Waals surface area contributed by atoms with Crippen molar-refractivity contribution in [1.82, 2.24) is 0 Å². The molecule has 3 aromatic carbocycles. The van der Waals surface area contributed by atoms with Crippen molar-refractivity contribution in [3.8, 4) is 22.8 Å². The molecule has 4 aromatic rings. The average molecular weight is 466 g/mol. The van der Waals surface area contributed by atoms with Crippen molar-refractivity contribution >= 4 is 42.1 Å². The Bertz CT molecular complexity index is 1250. The Morgan fingerprint density at radius 1 is 1.03 bits per heavy atom. The molecule has 164 valence electrons. The zero-order valence-corrected chi connectivity index (χ0v) is 19.5. The first-order chi connectivity index (χ1) is 15.5. The van der Waals surface area contributed by atoms with Crippen molar-refractivity contribution in [2.75, 3.05) is 16.6 Å². The molecule has 0 atom stereocenters. The zero-order valence-electron chi connectivity index (χ0n) is 17.7. The fourth-order valence-corrected chi connectivity index (χ4v) is 4.65. The number of hydrogen-bond acceptors (Lipinski definition) is 5. The van der Waals surface area contributed by atoms with Gasteiger partial charge >= 0.3 is 0 Å². The maximum Gasteiger partial charge on any atom is 0.138 e. The molecule has 0 bridgehead atoms. The molecule has 0 unspecified atom stereocenters. The van der Waals surface area contributed by atoms with Crippen LogP contribution in [0.25, 0.3) is 22.3 Å². The number of anilines is 1. The molecule has 1 saturated carbocycles. The third-order valence-corrected chi connectivity index (χ3v) is 6.47. The van der Waals surface area contributed by atoms with Crippen LogP contribution in [0.4, 0.5) is 10.1 Å². The fourth-order valence-electron chi connectivity index (χ4n) is 4.02. The number of furan rings is 1. The predicted octanol–water partition coefficient (Wildman–Crippen LogP) is 7.80. The predicted molar refractivity (Wildman–Crippen MR) is 135 cm³/mol. The van der Waals surface area contributed by atoms with Crippen molar-refractivity contribution in [3.05, 3.63) is 77.6 Å². The van der Waals surface area contributed by atoms with Gasteiger partial charge in [0.15, 0.2) is 0 Å². The number of benzene rings is 3. The van der Waals surface area contributed by atoms with Gasteiger partial charge < -0.3 is 13.5 Å². The van der Waals surface area contributed by atoms with E-state index in [4.69, 9.17) is 9.15 Å². The third-order valence-electron chi connectivity index (χ3n) is 5.86. The van der Waals surface area contributed by atoms with E-state index >= 15 is 0 Å². The minimum absolute atomic E-state index is 0.285. The van der Waals surface area contributed by atoms with Crippen molar-refractivity contribution in [3.63, 3.8) is 0 Å². The summed E-state index contributed by atoms with van der Waals surface area (Å²) in [6.45, 7) is 2.87. The lowest BCUT2D eigenvalue weighted by atomic mass is 10.0. The Morgan fingerprint density at radius 2 is 1.69 bits per heavy atom. The van der Waals surface area contributed by atoms with Crippen LogP contribution in [0.5, 0.6) is 11.5 Å². The lowest BCUT2D eigenvalue weighted by Crippen LogP contribution is -2.14. The van der Waals surface area contributed by atoms with Crippen molar-refractivity contribution in [1.29, 1.82) is 0 Å². The van der Waals surface area contributed by atoms with Crippen LogP contribution in [-0.2, 0) is 0 Å². The van der Waals surface area contributed by atoms with Crippen LogP contribution < -0.4 is 9.04 Å². The van der Waals surface area contributed by atoms with E-state index in [1.165, 1.54) is 30.5 Å². The van der Waals surface area contributed by atoms with Gasteiger partial charge in [-0.1, -0.05) is 12.8 Å². The first-order valence-electron chi connectivity index (χ1n) is 10.7. The fraction of sp³-hybridized carbons (Fsp3) is 0.231. The topological polar surface area (TPSA) is 25.6 Å². The monoisotopic (exact) mass is 465 g/mol. The zero-order chi connectivity index (χ0) is 22.2. The lowest BCUT2D eigenvalue weighted by Gasteiger charge is -2.20. The van der Waals surface area contributed by atoms with E-state index in [2.05, 4.69) is 44.5 Å². The van der Waals surface area contributed by atoms with Gasteiger partial charge in [-0.05, 0) is 85.8 Å². The molecule has 1 aliphatic carbocycles. The SMILES string of the molecule is Cc1c(-c2ccc(Oc3ccc(F)cc3)cc2)oc2cc(N(S)CCS)c(C3CC3)cc12. The average Bonchev–Trinajstić information content (AvgIpc) is 3.59. The number of rotatable bonds is 7. The molecule has 6 heteroatoms. The first kappa shape index (κ1) is 21.3. The molecule has 0 N–H and O–H groups in total. The van der Waals surface area contributed by atoms with E-state index in [1.54, 1.807) is 12.1 Å². The molecule has 0 aliphatic heterocycles. The molecule has 1 aromatic heterocycles. The van der Waals surface area contributed by atoms with Crippen LogP contribution in [0.15, 0.2) is 65.1 Å². The summed E-state index contributed by atoms with van der Waals surface area (Å²) in [5, 5.41) is 1.14. The molecule has 0 amide bonds. The molecule has 0 saturated heterocycles.